The Kier molecular flexibility index (Phi) is 2.30. The standard InChI is InChI=1S/C17H12N2O2/c1-10(20)19-14-9-5-3-7-12(14)15-16(19)11-6-2-4-8-13(11)18-17(15)21/h2-9H,1H3,(H,18,21). The molecule has 1 N–H and O–H groups in total. The molecule has 21 heavy (non-hydrogen) atoms. The summed E-state index contributed by atoms with van der Waals surface area (Å²) in [5, 5.41) is 2.24. The molecule has 4 nitrogen and oxygen atoms in total. The van der Waals surface area contributed by atoms with E-state index in [2.05, 4.69) is 4.98 Å². The molecular formula is C17H12N2O2. The fourth-order valence-corrected chi connectivity index (χ4v) is 3.04. The number of para-hydroxylation sites is 2. The van der Waals surface area contributed by atoms with E-state index < -0.39 is 0 Å². The molecule has 0 spiro atoms. The Morgan fingerprint density at radius 2 is 1.67 bits per heavy atom. The molecule has 0 radical (unpaired) electrons. The summed E-state index contributed by atoms with van der Waals surface area (Å²) < 4.78 is 1.63. The van der Waals surface area contributed by atoms with Gasteiger partial charge in [0.15, 0.2) is 0 Å². The molecule has 2 aromatic carbocycles. The number of carbonyl (C=O) groups excluding carboxylic acids is 1. The average molecular weight is 276 g/mol. The van der Waals surface area contributed by atoms with Gasteiger partial charge in [0.25, 0.3) is 5.56 Å². The topological polar surface area (TPSA) is 54.9 Å². The Labute approximate surface area is 119 Å². The first-order chi connectivity index (χ1) is 10.2. The van der Waals surface area contributed by atoms with E-state index in [0.717, 1.165) is 21.8 Å². The van der Waals surface area contributed by atoms with Crippen LogP contribution in [0.5, 0.6) is 0 Å². The lowest BCUT2D eigenvalue weighted by molar-refractivity contribution is 0.0946. The number of nitrogens with zero attached hydrogens (tertiary/aromatic N) is 1. The van der Waals surface area contributed by atoms with Gasteiger partial charge >= 0.3 is 0 Å². The number of pyridine rings is 1. The summed E-state index contributed by atoms with van der Waals surface area (Å²) in [6.45, 7) is 1.52. The highest BCUT2D eigenvalue weighted by Crippen LogP contribution is 2.30. The Bertz CT molecular complexity index is 1090. The lowest BCUT2D eigenvalue weighted by Gasteiger charge is -2.04. The van der Waals surface area contributed by atoms with Crippen LogP contribution >= 0.6 is 0 Å². The third-order valence-electron chi connectivity index (χ3n) is 3.85. The highest BCUT2D eigenvalue weighted by molar-refractivity contribution is 6.20. The van der Waals surface area contributed by atoms with Gasteiger partial charge in [-0.3, -0.25) is 14.2 Å². The van der Waals surface area contributed by atoms with E-state index in [1.54, 1.807) is 4.57 Å². The lowest BCUT2D eigenvalue weighted by Crippen LogP contribution is -2.09. The zero-order valence-corrected chi connectivity index (χ0v) is 11.4. The summed E-state index contributed by atoms with van der Waals surface area (Å²) >= 11 is 0. The Balaban J connectivity index is 2.47. The molecule has 4 heteroatoms. The van der Waals surface area contributed by atoms with Crippen LogP contribution in [0.1, 0.15) is 11.7 Å². The van der Waals surface area contributed by atoms with E-state index in [4.69, 9.17) is 0 Å². The highest BCUT2D eigenvalue weighted by atomic mass is 16.2. The monoisotopic (exact) mass is 276 g/mol. The van der Waals surface area contributed by atoms with Crippen LogP contribution in [0.25, 0.3) is 32.7 Å². The number of carbonyl (C=O) groups is 1. The van der Waals surface area contributed by atoms with Crippen LogP contribution in [0, 0.1) is 0 Å². The molecule has 0 amide bonds. The third-order valence-corrected chi connectivity index (χ3v) is 3.85. The number of hydrogen-bond acceptors (Lipinski definition) is 2. The molecule has 4 aromatic rings. The van der Waals surface area contributed by atoms with Gasteiger partial charge < -0.3 is 4.98 Å². The van der Waals surface area contributed by atoms with Crippen molar-refractivity contribution >= 4 is 38.6 Å². The van der Waals surface area contributed by atoms with Gasteiger partial charge in [0.1, 0.15) is 0 Å². The van der Waals surface area contributed by atoms with E-state index in [-0.39, 0.29) is 11.5 Å². The van der Waals surface area contributed by atoms with Gasteiger partial charge in [-0.2, -0.15) is 0 Å². The molecule has 0 bridgehead atoms. The van der Waals surface area contributed by atoms with Crippen LogP contribution in [0.4, 0.5) is 0 Å². The zero-order valence-electron chi connectivity index (χ0n) is 11.4. The first-order valence-corrected chi connectivity index (χ1v) is 6.73. The van der Waals surface area contributed by atoms with E-state index in [1.807, 2.05) is 48.5 Å². The molecule has 2 heterocycles. The average Bonchev–Trinajstić information content (AvgIpc) is 2.83. The molecule has 102 valence electrons. The predicted molar refractivity (Wildman–Crippen MR) is 83.9 cm³/mol. The van der Waals surface area contributed by atoms with Crippen molar-refractivity contribution in [3.05, 3.63) is 58.9 Å². The summed E-state index contributed by atoms with van der Waals surface area (Å²) in [6.07, 6.45) is 0. The number of nitrogens with one attached hydrogen (secondary N) is 1. The van der Waals surface area contributed by atoms with E-state index in [0.29, 0.717) is 10.9 Å². The number of benzene rings is 2. The Morgan fingerprint density at radius 1 is 1.00 bits per heavy atom. The van der Waals surface area contributed by atoms with Crippen LogP contribution in [0.3, 0.4) is 0 Å². The van der Waals surface area contributed by atoms with Crippen molar-refractivity contribution in [2.75, 3.05) is 0 Å². The molecule has 4 rings (SSSR count). The van der Waals surface area contributed by atoms with Gasteiger partial charge in [-0.15, -0.1) is 0 Å². The number of hydrogen-bond donors (Lipinski definition) is 1. The largest absolute Gasteiger partial charge is 0.321 e. The smallest absolute Gasteiger partial charge is 0.258 e. The minimum Gasteiger partial charge on any atom is -0.321 e. The second kappa shape index (κ2) is 4.06. The molecule has 0 aliphatic rings. The number of aromatic amines is 1. The fraction of sp³-hybridized carbons (Fsp3) is 0.0588. The SMILES string of the molecule is CC(=O)n1c2ccccc2c2c(=O)[nH]c3ccccc3c21. The van der Waals surface area contributed by atoms with Gasteiger partial charge in [0.2, 0.25) is 5.91 Å². The van der Waals surface area contributed by atoms with Crippen molar-refractivity contribution in [2.45, 2.75) is 6.92 Å². The molecule has 0 fully saturated rings. The second-order valence-corrected chi connectivity index (χ2v) is 5.09. The van der Waals surface area contributed by atoms with Gasteiger partial charge in [-0.25, -0.2) is 0 Å². The highest BCUT2D eigenvalue weighted by Gasteiger charge is 2.18. The maximum absolute atomic E-state index is 12.5. The van der Waals surface area contributed by atoms with Crippen LogP contribution in [0.2, 0.25) is 0 Å². The minimum atomic E-state index is -0.167. The maximum atomic E-state index is 12.5. The van der Waals surface area contributed by atoms with Gasteiger partial charge in [-0.1, -0.05) is 36.4 Å². The molecule has 0 atom stereocenters. The van der Waals surface area contributed by atoms with Crippen molar-refractivity contribution in [3.8, 4) is 0 Å². The first kappa shape index (κ1) is 11.9. The maximum Gasteiger partial charge on any atom is 0.258 e. The van der Waals surface area contributed by atoms with Crippen molar-refractivity contribution in [1.29, 1.82) is 0 Å². The third kappa shape index (κ3) is 1.50. The first-order valence-electron chi connectivity index (χ1n) is 6.73. The predicted octanol–water partition coefficient (Wildman–Crippen LogP) is 3.30. The molecule has 0 aliphatic carbocycles. The number of aromatic nitrogens is 2. The van der Waals surface area contributed by atoms with Crippen LogP contribution in [-0.4, -0.2) is 15.5 Å². The Hall–Kier alpha value is -2.88. The van der Waals surface area contributed by atoms with Crippen LogP contribution in [-0.2, 0) is 0 Å². The minimum absolute atomic E-state index is 0.100. The fourth-order valence-electron chi connectivity index (χ4n) is 3.04. The molecule has 2 aromatic heterocycles. The van der Waals surface area contributed by atoms with Crippen molar-refractivity contribution < 1.29 is 4.79 Å². The summed E-state index contributed by atoms with van der Waals surface area (Å²) in [6, 6.07) is 15.0. The summed E-state index contributed by atoms with van der Waals surface area (Å²) in [4.78, 5) is 27.5. The summed E-state index contributed by atoms with van der Waals surface area (Å²) in [5.41, 5.74) is 2.02. The van der Waals surface area contributed by atoms with Gasteiger partial charge in [-0.05, 0) is 12.1 Å². The lowest BCUT2D eigenvalue weighted by atomic mass is 10.1. The van der Waals surface area contributed by atoms with Crippen molar-refractivity contribution in [3.63, 3.8) is 0 Å². The molecule has 0 saturated carbocycles. The Morgan fingerprint density at radius 3 is 2.43 bits per heavy atom. The zero-order chi connectivity index (χ0) is 14.6. The van der Waals surface area contributed by atoms with Crippen LogP contribution in [0.15, 0.2) is 53.3 Å². The second-order valence-electron chi connectivity index (χ2n) is 5.09. The van der Waals surface area contributed by atoms with Crippen LogP contribution < -0.4 is 5.56 Å². The van der Waals surface area contributed by atoms with Gasteiger partial charge in [0.05, 0.1) is 21.9 Å². The molecular weight excluding hydrogens is 264 g/mol. The van der Waals surface area contributed by atoms with E-state index >= 15 is 0 Å². The van der Waals surface area contributed by atoms with Crippen molar-refractivity contribution in [2.24, 2.45) is 0 Å². The van der Waals surface area contributed by atoms with E-state index in [1.165, 1.54) is 6.92 Å². The van der Waals surface area contributed by atoms with E-state index in [9.17, 15) is 9.59 Å². The summed E-state index contributed by atoms with van der Waals surface area (Å²) in [7, 11) is 0. The molecule has 0 aliphatic heterocycles. The van der Waals surface area contributed by atoms with Gasteiger partial charge in [0, 0.05) is 17.7 Å². The molecule has 0 unspecified atom stereocenters. The number of rotatable bonds is 0. The summed E-state index contributed by atoms with van der Waals surface area (Å²) in [5.74, 6) is -0.100. The van der Waals surface area contributed by atoms with Crippen molar-refractivity contribution in [1.82, 2.24) is 9.55 Å². The normalized spacial score (nSPS) is 11.5. The number of H-pyrrole nitrogens is 1. The quantitative estimate of drug-likeness (QED) is 0.536. The number of fused-ring (bicyclic) bond motifs is 5. The molecule has 0 saturated heterocycles.